The van der Waals surface area contributed by atoms with Crippen molar-refractivity contribution in [1.82, 2.24) is 20.6 Å². The zero-order valence-corrected chi connectivity index (χ0v) is 13.1. The predicted molar refractivity (Wildman–Crippen MR) is 89.9 cm³/mol. The van der Waals surface area contributed by atoms with Crippen molar-refractivity contribution in [2.75, 3.05) is 6.54 Å². The van der Waals surface area contributed by atoms with Gasteiger partial charge in [0, 0.05) is 18.4 Å². The molecule has 1 atom stereocenters. The Morgan fingerprint density at radius 1 is 1.39 bits per heavy atom. The van der Waals surface area contributed by atoms with Crippen molar-refractivity contribution in [2.45, 2.75) is 25.8 Å². The number of carbonyl (C=O) groups excluding carboxylic acids is 1. The first-order chi connectivity index (χ1) is 11.1. The van der Waals surface area contributed by atoms with E-state index in [0.717, 1.165) is 24.1 Å². The van der Waals surface area contributed by atoms with Crippen LogP contribution in [0.5, 0.6) is 0 Å². The Balaban J connectivity index is 1.70. The summed E-state index contributed by atoms with van der Waals surface area (Å²) < 4.78 is 0. The van der Waals surface area contributed by atoms with Crippen LogP contribution in [0.1, 0.15) is 30.6 Å². The van der Waals surface area contributed by atoms with E-state index in [1.54, 1.807) is 12.5 Å². The molecule has 0 radical (unpaired) electrons. The summed E-state index contributed by atoms with van der Waals surface area (Å²) in [6.45, 7) is 2.45. The van der Waals surface area contributed by atoms with Crippen LogP contribution in [0.4, 0.5) is 4.79 Å². The molecule has 7 nitrogen and oxygen atoms in total. The summed E-state index contributed by atoms with van der Waals surface area (Å²) in [7, 11) is 0. The molecule has 2 rings (SSSR count). The minimum Gasteiger partial charge on any atom is -0.370 e. The molecule has 0 saturated carbocycles. The van der Waals surface area contributed by atoms with Gasteiger partial charge in [-0.2, -0.15) is 0 Å². The number of hydrogen-bond donors (Lipinski definition) is 4. The van der Waals surface area contributed by atoms with Crippen LogP contribution in [0.15, 0.2) is 47.8 Å². The number of carbonyl (C=O) groups is 1. The molecule has 0 fully saturated rings. The number of amides is 2. The third kappa shape index (κ3) is 5.82. The molecule has 1 aromatic heterocycles. The van der Waals surface area contributed by atoms with Crippen LogP contribution >= 0.6 is 0 Å². The highest BCUT2D eigenvalue weighted by molar-refractivity contribution is 5.95. The highest BCUT2D eigenvalue weighted by atomic mass is 16.2. The van der Waals surface area contributed by atoms with Crippen LogP contribution in [0.3, 0.4) is 0 Å². The molecule has 1 aromatic carbocycles. The minimum atomic E-state index is -0.365. The molecule has 23 heavy (non-hydrogen) atoms. The smallest absolute Gasteiger partial charge is 0.322 e. The van der Waals surface area contributed by atoms with Crippen molar-refractivity contribution in [1.29, 1.82) is 0 Å². The molecular weight excluding hydrogens is 292 g/mol. The molecule has 0 spiro atoms. The van der Waals surface area contributed by atoms with Gasteiger partial charge < -0.3 is 16.0 Å². The number of rotatable bonds is 6. The number of imidazole rings is 1. The molecule has 1 heterocycles. The first-order valence-corrected chi connectivity index (χ1v) is 7.55. The second-order valence-electron chi connectivity index (χ2n) is 5.18. The summed E-state index contributed by atoms with van der Waals surface area (Å²) in [6.07, 6.45) is 5.09. The van der Waals surface area contributed by atoms with Gasteiger partial charge in [0.15, 0.2) is 5.96 Å². The number of H-pyrrole nitrogens is 1. The van der Waals surface area contributed by atoms with Gasteiger partial charge in [-0.15, -0.1) is 0 Å². The second kappa shape index (κ2) is 8.57. The van der Waals surface area contributed by atoms with Crippen LogP contribution in [0.2, 0.25) is 0 Å². The van der Waals surface area contributed by atoms with Gasteiger partial charge in [0.2, 0.25) is 0 Å². The minimum absolute atomic E-state index is 0.107. The summed E-state index contributed by atoms with van der Waals surface area (Å²) in [4.78, 5) is 23.0. The maximum Gasteiger partial charge on any atom is 0.322 e. The number of nitrogens with zero attached hydrogens (tertiary/aromatic N) is 2. The number of benzene rings is 1. The Kier molecular flexibility index (Phi) is 6.17. The van der Waals surface area contributed by atoms with E-state index in [1.807, 2.05) is 37.3 Å². The standard InChI is InChI=1S/C16H22N6O/c1-12(13-6-3-2-4-7-13)21-16(23)22-15(17)19-9-5-8-14-10-18-11-20-14/h2-4,6-7,10-12H,5,8-9H2,1H3,(H,18,20)(H4,17,19,21,22,23)/t12-/m1/s1. The number of aliphatic imine (C=N–C) groups is 1. The van der Waals surface area contributed by atoms with Gasteiger partial charge in [-0.05, 0) is 25.3 Å². The van der Waals surface area contributed by atoms with Gasteiger partial charge in [-0.25, -0.2) is 9.78 Å². The molecular formula is C16H22N6O. The molecule has 0 unspecified atom stereocenters. The number of hydrogen-bond acceptors (Lipinski definition) is 3. The van der Waals surface area contributed by atoms with Crippen LogP contribution < -0.4 is 16.4 Å². The van der Waals surface area contributed by atoms with Gasteiger partial charge in [-0.3, -0.25) is 10.3 Å². The average molecular weight is 314 g/mol. The molecule has 0 aliphatic carbocycles. The summed E-state index contributed by atoms with van der Waals surface area (Å²) in [5, 5.41) is 5.35. The van der Waals surface area contributed by atoms with Crippen molar-refractivity contribution < 1.29 is 4.79 Å². The molecule has 122 valence electrons. The third-order valence-electron chi connectivity index (χ3n) is 3.33. The highest BCUT2D eigenvalue weighted by Gasteiger charge is 2.09. The Morgan fingerprint density at radius 3 is 2.87 bits per heavy atom. The van der Waals surface area contributed by atoms with E-state index < -0.39 is 0 Å². The number of urea groups is 1. The van der Waals surface area contributed by atoms with Gasteiger partial charge in [0.25, 0.3) is 0 Å². The van der Waals surface area contributed by atoms with Gasteiger partial charge in [0.1, 0.15) is 0 Å². The second-order valence-corrected chi connectivity index (χ2v) is 5.18. The lowest BCUT2D eigenvalue weighted by molar-refractivity contribution is 0.242. The lowest BCUT2D eigenvalue weighted by atomic mass is 10.1. The predicted octanol–water partition coefficient (Wildman–Crippen LogP) is 1.72. The number of aryl methyl sites for hydroxylation is 1. The van der Waals surface area contributed by atoms with E-state index in [0.29, 0.717) is 6.54 Å². The molecule has 0 aliphatic rings. The number of aromatic nitrogens is 2. The quantitative estimate of drug-likeness (QED) is 0.370. The zero-order chi connectivity index (χ0) is 16.5. The number of nitrogens with one attached hydrogen (secondary N) is 3. The SMILES string of the molecule is C[C@@H](NC(=O)NC(N)=NCCCc1cnc[nH]1)c1ccccc1. The highest BCUT2D eigenvalue weighted by Crippen LogP contribution is 2.10. The van der Waals surface area contributed by atoms with Crippen LogP contribution in [-0.2, 0) is 6.42 Å². The summed E-state index contributed by atoms with van der Waals surface area (Å²) in [5.74, 6) is 0.118. The maximum absolute atomic E-state index is 11.9. The average Bonchev–Trinajstić information content (AvgIpc) is 3.05. The molecule has 2 amide bonds. The van der Waals surface area contributed by atoms with Crippen LogP contribution in [0.25, 0.3) is 0 Å². The summed E-state index contributed by atoms with van der Waals surface area (Å²) in [5.41, 5.74) is 7.79. The van der Waals surface area contributed by atoms with E-state index in [4.69, 9.17) is 5.73 Å². The molecule has 2 aromatic rings. The lowest BCUT2D eigenvalue weighted by Crippen LogP contribution is -2.44. The van der Waals surface area contributed by atoms with Crippen LogP contribution in [0, 0.1) is 0 Å². The molecule has 7 heteroatoms. The fourth-order valence-corrected chi connectivity index (χ4v) is 2.10. The molecule has 0 saturated heterocycles. The third-order valence-corrected chi connectivity index (χ3v) is 3.33. The Bertz CT molecular complexity index is 623. The largest absolute Gasteiger partial charge is 0.370 e. The summed E-state index contributed by atoms with van der Waals surface area (Å²) in [6, 6.07) is 9.24. The maximum atomic E-state index is 11.9. The molecule has 5 N–H and O–H groups in total. The van der Waals surface area contributed by atoms with Crippen molar-refractivity contribution in [3.63, 3.8) is 0 Å². The van der Waals surface area contributed by atoms with Crippen molar-refractivity contribution >= 4 is 12.0 Å². The van der Waals surface area contributed by atoms with E-state index in [1.165, 1.54) is 0 Å². The van der Waals surface area contributed by atoms with Crippen molar-refractivity contribution in [3.05, 3.63) is 54.1 Å². The fraction of sp³-hybridized carbons (Fsp3) is 0.312. The number of nitrogens with two attached hydrogens (primary N) is 1. The Morgan fingerprint density at radius 2 is 2.17 bits per heavy atom. The monoisotopic (exact) mass is 314 g/mol. The van der Waals surface area contributed by atoms with E-state index in [2.05, 4.69) is 25.6 Å². The number of guanidine groups is 1. The van der Waals surface area contributed by atoms with Gasteiger partial charge in [-0.1, -0.05) is 30.3 Å². The normalized spacial score (nSPS) is 12.7. The molecule has 0 aliphatic heterocycles. The van der Waals surface area contributed by atoms with E-state index in [9.17, 15) is 4.79 Å². The first kappa shape index (κ1) is 16.5. The number of aromatic amines is 1. The van der Waals surface area contributed by atoms with Crippen molar-refractivity contribution in [3.8, 4) is 0 Å². The Labute approximate surface area is 135 Å². The first-order valence-electron chi connectivity index (χ1n) is 7.55. The zero-order valence-electron chi connectivity index (χ0n) is 13.1. The van der Waals surface area contributed by atoms with Crippen molar-refractivity contribution in [2.24, 2.45) is 10.7 Å². The van der Waals surface area contributed by atoms with E-state index in [-0.39, 0.29) is 18.0 Å². The van der Waals surface area contributed by atoms with Gasteiger partial charge in [0.05, 0.1) is 12.4 Å². The van der Waals surface area contributed by atoms with Crippen LogP contribution in [-0.4, -0.2) is 28.5 Å². The fourth-order valence-electron chi connectivity index (χ4n) is 2.10. The molecule has 0 bridgehead atoms. The van der Waals surface area contributed by atoms with E-state index >= 15 is 0 Å². The van der Waals surface area contributed by atoms with Gasteiger partial charge >= 0.3 is 6.03 Å². The topological polar surface area (TPSA) is 108 Å². The lowest BCUT2D eigenvalue weighted by Gasteiger charge is -2.14. The Hall–Kier alpha value is -2.83. The summed E-state index contributed by atoms with van der Waals surface area (Å²) >= 11 is 0.